The highest BCUT2D eigenvalue weighted by molar-refractivity contribution is 7.98. The SMILES string of the molecule is CCCn1cc(NC(C)c2ccc(SC)cc2)ccc1=O. The van der Waals surface area contributed by atoms with E-state index in [4.69, 9.17) is 0 Å². The van der Waals surface area contributed by atoms with Crippen molar-refractivity contribution < 1.29 is 0 Å². The molecule has 1 unspecified atom stereocenters. The number of pyridine rings is 1. The average molecular weight is 302 g/mol. The first-order chi connectivity index (χ1) is 10.1. The van der Waals surface area contributed by atoms with Crippen molar-refractivity contribution in [1.82, 2.24) is 4.57 Å². The molecule has 1 N–H and O–H groups in total. The maximum Gasteiger partial charge on any atom is 0.250 e. The molecule has 0 aliphatic carbocycles. The molecule has 1 aromatic carbocycles. The molecule has 1 aromatic heterocycles. The number of hydrogen-bond donors (Lipinski definition) is 1. The molecule has 0 saturated carbocycles. The summed E-state index contributed by atoms with van der Waals surface area (Å²) in [6, 6.07) is 12.2. The van der Waals surface area contributed by atoms with Crippen LogP contribution in [0.4, 0.5) is 5.69 Å². The second-order valence-corrected chi connectivity index (χ2v) is 5.97. The summed E-state index contributed by atoms with van der Waals surface area (Å²) in [5, 5.41) is 3.46. The Hall–Kier alpha value is -1.68. The van der Waals surface area contributed by atoms with Crippen LogP contribution < -0.4 is 10.9 Å². The normalized spacial score (nSPS) is 12.1. The van der Waals surface area contributed by atoms with Crippen molar-refractivity contribution in [3.63, 3.8) is 0 Å². The Morgan fingerprint density at radius 2 is 1.90 bits per heavy atom. The molecule has 0 bridgehead atoms. The predicted molar refractivity (Wildman–Crippen MR) is 91.3 cm³/mol. The summed E-state index contributed by atoms with van der Waals surface area (Å²) < 4.78 is 1.76. The van der Waals surface area contributed by atoms with E-state index in [-0.39, 0.29) is 11.6 Å². The van der Waals surface area contributed by atoms with Crippen molar-refractivity contribution in [3.8, 4) is 0 Å². The van der Waals surface area contributed by atoms with E-state index < -0.39 is 0 Å². The van der Waals surface area contributed by atoms with Crippen LogP contribution in [0.3, 0.4) is 0 Å². The number of rotatable bonds is 6. The van der Waals surface area contributed by atoms with Gasteiger partial charge in [-0.2, -0.15) is 0 Å². The van der Waals surface area contributed by atoms with Crippen molar-refractivity contribution in [2.24, 2.45) is 0 Å². The van der Waals surface area contributed by atoms with Gasteiger partial charge >= 0.3 is 0 Å². The first kappa shape index (κ1) is 15.7. The molecular formula is C17H22N2OS. The van der Waals surface area contributed by atoms with Gasteiger partial charge in [-0.15, -0.1) is 11.8 Å². The van der Waals surface area contributed by atoms with Crippen molar-refractivity contribution in [2.75, 3.05) is 11.6 Å². The molecule has 112 valence electrons. The number of aryl methyl sites for hydroxylation is 1. The van der Waals surface area contributed by atoms with Crippen LogP contribution in [0.15, 0.2) is 52.3 Å². The summed E-state index contributed by atoms with van der Waals surface area (Å²) in [5.41, 5.74) is 2.27. The molecule has 21 heavy (non-hydrogen) atoms. The predicted octanol–water partition coefficient (Wildman–Crippen LogP) is 4.15. The van der Waals surface area contributed by atoms with E-state index in [1.54, 1.807) is 22.4 Å². The van der Waals surface area contributed by atoms with Crippen molar-refractivity contribution >= 4 is 17.4 Å². The number of hydrogen-bond acceptors (Lipinski definition) is 3. The van der Waals surface area contributed by atoms with Crippen LogP contribution in [-0.2, 0) is 6.54 Å². The van der Waals surface area contributed by atoms with Crippen LogP contribution >= 0.6 is 11.8 Å². The van der Waals surface area contributed by atoms with Gasteiger partial charge in [-0.05, 0) is 43.4 Å². The van der Waals surface area contributed by atoms with Gasteiger partial charge in [0.2, 0.25) is 0 Å². The highest BCUT2D eigenvalue weighted by atomic mass is 32.2. The van der Waals surface area contributed by atoms with Gasteiger partial charge in [0.25, 0.3) is 5.56 Å². The first-order valence-electron chi connectivity index (χ1n) is 7.25. The fourth-order valence-corrected chi connectivity index (χ4v) is 2.67. The molecule has 0 saturated heterocycles. The molecule has 1 atom stereocenters. The fourth-order valence-electron chi connectivity index (χ4n) is 2.26. The second-order valence-electron chi connectivity index (χ2n) is 5.09. The lowest BCUT2D eigenvalue weighted by atomic mass is 10.1. The zero-order valence-corrected chi connectivity index (χ0v) is 13.6. The quantitative estimate of drug-likeness (QED) is 0.814. The third-order valence-electron chi connectivity index (χ3n) is 3.45. The minimum absolute atomic E-state index is 0.0550. The molecule has 0 spiro atoms. The van der Waals surface area contributed by atoms with E-state index in [0.29, 0.717) is 0 Å². The molecule has 1 heterocycles. The van der Waals surface area contributed by atoms with Crippen LogP contribution in [0, 0.1) is 0 Å². The first-order valence-corrected chi connectivity index (χ1v) is 8.47. The Bertz CT molecular complexity index is 634. The van der Waals surface area contributed by atoms with E-state index in [0.717, 1.165) is 18.7 Å². The zero-order valence-electron chi connectivity index (χ0n) is 12.8. The number of nitrogens with one attached hydrogen (secondary N) is 1. The van der Waals surface area contributed by atoms with Gasteiger partial charge in [0.1, 0.15) is 0 Å². The van der Waals surface area contributed by atoms with Gasteiger partial charge in [0, 0.05) is 29.7 Å². The Labute approximate surface area is 130 Å². The van der Waals surface area contributed by atoms with E-state index in [2.05, 4.69) is 49.7 Å². The number of aromatic nitrogens is 1. The highest BCUT2D eigenvalue weighted by Crippen LogP contribution is 2.21. The minimum Gasteiger partial charge on any atom is -0.377 e. The Balaban J connectivity index is 2.12. The highest BCUT2D eigenvalue weighted by Gasteiger charge is 2.06. The van der Waals surface area contributed by atoms with Crippen molar-refractivity contribution in [1.29, 1.82) is 0 Å². The molecule has 0 amide bonds. The Morgan fingerprint density at radius 3 is 2.52 bits per heavy atom. The molecule has 2 aromatic rings. The number of nitrogens with zero attached hydrogens (tertiary/aromatic N) is 1. The van der Waals surface area contributed by atoms with Crippen LogP contribution in [0.2, 0.25) is 0 Å². The van der Waals surface area contributed by atoms with Gasteiger partial charge in [0.15, 0.2) is 0 Å². The van der Waals surface area contributed by atoms with Gasteiger partial charge in [-0.3, -0.25) is 4.79 Å². The van der Waals surface area contributed by atoms with E-state index >= 15 is 0 Å². The number of anilines is 1. The van der Waals surface area contributed by atoms with Gasteiger partial charge in [0.05, 0.1) is 5.69 Å². The topological polar surface area (TPSA) is 34.0 Å². The maximum absolute atomic E-state index is 11.7. The maximum atomic E-state index is 11.7. The van der Waals surface area contributed by atoms with Crippen LogP contribution in [0.1, 0.15) is 31.9 Å². The summed E-state index contributed by atoms with van der Waals surface area (Å²) in [7, 11) is 0. The van der Waals surface area contributed by atoms with Gasteiger partial charge in [-0.25, -0.2) is 0 Å². The minimum atomic E-state index is 0.0550. The summed E-state index contributed by atoms with van der Waals surface area (Å²) in [6.45, 7) is 4.96. The lowest BCUT2D eigenvalue weighted by Crippen LogP contribution is -2.19. The van der Waals surface area contributed by atoms with Crippen LogP contribution in [-0.4, -0.2) is 10.8 Å². The monoisotopic (exact) mass is 302 g/mol. The zero-order chi connectivity index (χ0) is 15.2. The van der Waals surface area contributed by atoms with E-state index in [1.807, 2.05) is 12.3 Å². The Kier molecular flexibility index (Phi) is 5.51. The molecule has 2 rings (SSSR count). The molecule has 3 nitrogen and oxygen atoms in total. The van der Waals surface area contributed by atoms with Gasteiger partial charge in [-0.1, -0.05) is 19.1 Å². The average Bonchev–Trinajstić information content (AvgIpc) is 2.51. The molecule has 0 fully saturated rings. The number of thioether (sulfide) groups is 1. The van der Waals surface area contributed by atoms with Crippen LogP contribution in [0.25, 0.3) is 0 Å². The standard InChI is InChI=1S/C17H22N2OS/c1-4-11-19-12-15(7-10-17(19)20)18-13(2)14-5-8-16(21-3)9-6-14/h5-10,12-13,18H,4,11H2,1-3H3. The third-order valence-corrected chi connectivity index (χ3v) is 4.19. The summed E-state index contributed by atoms with van der Waals surface area (Å²) in [6.07, 6.45) is 4.93. The number of benzene rings is 1. The molecule has 0 radical (unpaired) electrons. The molecule has 0 aliphatic rings. The van der Waals surface area contributed by atoms with Crippen molar-refractivity contribution in [3.05, 3.63) is 58.5 Å². The van der Waals surface area contributed by atoms with E-state index in [9.17, 15) is 4.79 Å². The third kappa shape index (κ3) is 4.14. The fraction of sp³-hybridized carbons (Fsp3) is 0.353. The van der Waals surface area contributed by atoms with Crippen molar-refractivity contribution in [2.45, 2.75) is 37.8 Å². The molecule has 0 aliphatic heterocycles. The lowest BCUT2D eigenvalue weighted by Gasteiger charge is -2.17. The summed E-state index contributed by atoms with van der Waals surface area (Å²) in [5.74, 6) is 0. The smallest absolute Gasteiger partial charge is 0.250 e. The summed E-state index contributed by atoms with van der Waals surface area (Å²) in [4.78, 5) is 13.0. The lowest BCUT2D eigenvalue weighted by molar-refractivity contribution is 0.654. The Morgan fingerprint density at radius 1 is 1.19 bits per heavy atom. The summed E-state index contributed by atoms with van der Waals surface area (Å²) >= 11 is 1.74. The van der Waals surface area contributed by atoms with Crippen LogP contribution in [0.5, 0.6) is 0 Å². The molecular weight excluding hydrogens is 280 g/mol. The van der Waals surface area contributed by atoms with E-state index in [1.165, 1.54) is 10.5 Å². The van der Waals surface area contributed by atoms with Gasteiger partial charge < -0.3 is 9.88 Å². The molecule has 4 heteroatoms. The second kappa shape index (κ2) is 7.36. The largest absolute Gasteiger partial charge is 0.377 e.